The minimum absolute atomic E-state index is 0.557. The Bertz CT molecular complexity index is 531. The highest BCUT2D eigenvalue weighted by Gasteiger charge is 2.18. The predicted octanol–water partition coefficient (Wildman–Crippen LogP) is 4.56. The van der Waals surface area contributed by atoms with Crippen molar-refractivity contribution in [3.8, 4) is 0 Å². The second-order valence-corrected chi connectivity index (χ2v) is 6.03. The number of aromatic amines is 1. The molecule has 0 fully saturated rings. The molecule has 0 saturated carbocycles. The number of benzene rings is 1. The summed E-state index contributed by atoms with van der Waals surface area (Å²) < 4.78 is 0. The number of aromatic nitrogens is 1. The van der Waals surface area contributed by atoms with Crippen LogP contribution in [0, 0.1) is 5.92 Å². The molecule has 0 aliphatic heterocycles. The van der Waals surface area contributed by atoms with Crippen LogP contribution in [0.3, 0.4) is 0 Å². The number of H-pyrrole nitrogens is 1. The summed E-state index contributed by atoms with van der Waals surface area (Å²) in [6.07, 6.45) is 4.48. The second kappa shape index (κ2) is 6.44. The zero-order chi connectivity index (χ0) is 13.8. The highest BCUT2D eigenvalue weighted by Crippen LogP contribution is 2.35. The number of halogens is 1. The third-order valence-corrected chi connectivity index (χ3v) is 3.94. The maximum Gasteiger partial charge on any atom is 0.0502 e. The van der Waals surface area contributed by atoms with Gasteiger partial charge in [0.05, 0.1) is 5.02 Å². The Morgan fingerprint density at radius 3 is 2.79 bits per heavy atom. The summed E-state index contributed by atoms with van der Waals surface area (Å²) in [5.41, 5.74) is 2.50. The van der Waals surface area contributed by atoms with E-state index in [0.717, 1.165) is 23.5 Å². The Hall–Kier alpha value is -0.990. The van der Waals surface area contributed by atoms with Gasteiger partial charge in [-0.1, -0.05) is 31.5 Å². The summed E-state index contributed by atoms with van der Waals surface area (Å²) in [5, 5.41) is 5.31. The van der Waals surface area contributed by atoms with Crippen LogP contribution in [0.4, 0.5) is 0 Å². The quantitative estimate of drug-likeness (QED) is 0.796. The van der Waals surface area contributed by atoms with Gasteiger partial charge in [0.2, 0.25) is 0 Å². The van der Waals surface area contributed by atoms with Crippen LogP contribution in [0.5, 0.6) is 0 Å². The van der Waals surface area contributed by atoms with Crippen LogP contribution >= 0.6 is 11.6 Å². The molecule has 1 aromatic heterocycles. The molecule has 0 saturated heterocycles. The first-order chi connectivity index (χ1) is 9.13. The third-order valence-electron chi connectivity index (χ3n) is 3.62. The van der Waals surface area contributed by atoms with Crippen LogP contribution in [-0.2, 0) is 0 Å². The van der Waals surface area contributed by atoms with Crippen LogP contribution in [0.1, 0.15) is 38.2 Å². The standard InChI is InChI=1S/C16H23ClN2/c1-11(2)9-12(7-8-18-3)13-10-19-15-6-4-5-14(17)16(13)15/h4-6,10-12,18-19H,7-9H2,1-3H3. The fourth-order valence-electron chi connectivity index (χ4n) is 2.78. The van der Waals surface area contributed by atoms with E-state index in [2.05, 4.69) is 36.4 Å². The first-order valence-electron chi connectivity index (χ1n) is 7.03. The Morgan fingerprint density at radius 1 is 1.32 bits per heavy atom. The van der Waals surface area contributed by atoms with E-state index in [-0.39, 0.29) is 0 Å². The van der Waals surface area contributed by atoms with Crippen molar-refractivity contribution in [2.45, 2.75) is 32.6 Å². The monoisotopic (exact) mass is 278 g/mol. The summed E-state index contributed by atoms with van der Waals surface area (Å²) in [7, 11) is 2.01. The molecular weight excluding hydrogens is 256 g/mol. The van der Waals surface area contributed by atoms with Crippen LogP contribution in [0.2, 0.25) is 5.02 Å². The summed E-state index contributed by atoms with van der Waals surface area (Å²) in [6, 6.07) is 6.07. The fraction of sp³-hybridized carbons (Fsp3) is 0.500. The number of fused-ring (bicyclic) bond motifs is 1. The lowest BCUT2D eigenvalue weighted by atomic mass is 9.87. The van der Waals surface area contributed by atoms with Gasteiger partial charge < -0.3 is 10.3 Å². The van der Waals surface area contributed by atoms with E-state index in [1.54, 1.807) is 0 Å². The molecular formula is C16H23ClN2. The van der Waals surface area contributed by atoms with Gasteiger partial charge in [0.1, 0.15) is 0 Å². The highest BCUT2D eigenvalue weighted by molar-refractivity contribution is 6.35. The summed E-state index contributed by atoms with van der Waals surface area (Å²) in [6.45, 7) is 5.60. The Balaban J connectivity index is 2.37. The zero-order valence-corrected chi connectivity index (χ0v) is 12.7. The molecule has 104 valence electrons. The second-order valence-electron chi connectivity index (χ2n) is 5.63. The summed E-state index contributed by atoms with van der Waals surface area (Å²) >= 11 is 6.38. The zero-order valence-electron chi connectivity index (χ0n) is 12.0. The number of nitrogens with one attached hydrogen (secondary N) is 2. The lowest BCUT2D eigenvalue weighted by Gasteiger charge is -2.19. The van der Waals surface area contributed by atoms with E-state index in [9.17, 15) is 0 Å². The SMILES string of the molecule is CNCCC(CC(C)C)c1c[nH]c2cccc(Cl)c12. The molecule has 2 rings (SSSR count). The maximum atomic E-state index is 6.38. The smallest absolute Gasteiger partial charge is 0.0502 e. The molecule has 2 aromatic rings. The molecule has 1 unspecified atom stereocenters. The van der Waals surface area contributed by atoms with Crippen molar-refractivity contribution in [1.29, 1.82) is 0 Å². The van der Waals surface area contributed by atoms with Crippen molar-refractivity contribution in [3.63, 3.8) is 0 Å². The van der Waals surface area contributed by atoms with E-state index in [1.807, 2.05) is 19.2 Å². The Morgan fingerprint density at radius 2 is 2.11 bits per heavy atom. The average Bonchev–Trinajstić information content (AvgIpc) is 2.79. The molecule has 2 nitrogen and oxygen atoms in total. The highest BCUT2D eigenvalue weighted by atomic mass is 35.5. The fourth-order valence-corrected chi connectivity index (χ4v) is 3.06. The molecule has 0 amide bonds. The van der Waals surface area contributed by atoms with Crippen molar-refractivity contribution < 1.29 is 0 Å². The minimum Gasteiger partial charge on any atom is -0.361 e. The molecule has 0 radical (unpaired) electrons. The van der Waals surface area contributed by atoms with Gasteiger partial charge in [-0.15, -0.1) is 0 Å². The first kappa shape index (κ1) is 14.4. The van der Waals surface area contributed by atoms with Gasteiger partial charge in [0, 0.05) is 17.1 Å². The summed E-state index contributed by atoms with van der Waals surface area (Å²) in [5.74, 6) is 1.25. The largest absolute Gasteiger partial charge is 0.361 e. The lowest BCUT2D eigenvalue weighted by Crippen LogP contribution is -2.13. The van der Waals surface area contributed by atoms with Crippen molar-refractivity contribution in [2.24, 2.45) is 5.92 Å². The molecule has 1 aromatic carbocycles. The predicted molar refractivity (Wildman–Crippen MR) is 84.0 cm³/mol. The first-order valence-corrected chi connectivity index (χ1v) is 7.41. The average molecular weight is 279 g/mol. The molecule has 2 N–H and O–H groups in total. The number of hydrogen-bond acceptors (Lipinski definition) is 1. The van der Waals surface area contributed by atoms with Gasteiger partial charge in [0.25, 0.3) is 0 Å². The molecule has 1 heterocycles. The molecule has 19 heavy (non-hydrogen) atoms. The van der Waals surface area contributed by atoms with Gasteiger partial charge >= 0.3 is 0 Å². The number of hydrogen-bond donors (Lipinski definition) is 2. The minimum atomic E-state index is 0.557. The van der Waals surface area contributed by atoms with Crippen LogP contribution in [0.15, 0.2) is 24.4 Å². The van der Waals surface area contributed by atoms with E-state index < -0.39 is 0 Å². The van der Waals surface area contributed by atoms with Crippen molar-refractivity contribution in [2.75, 3.05) is 13.6 Å². The normalized spacial score (nSPS) is 13.3. The van der Waals surface area contributed by atoms with Crippen LogP contribution in [0.25, 0.3) is 10.9 Å². The molecule has 0 aliphatic carbocycles. The molecule has 0 spiro atoms. The Kier molecular flexibility index (Phi) is 4.89. The summed E-state index contributed by atoms with van der Waals surface area (Å²) in [4.78, 5) is 3.35. The van der Waals surface area contributed by atoms with E-state index in [0.29, 0.717) is 11.8 Å². The van der Waals surface area contributed by atoms with Crippen molar-refractivity contribution >= 4 is 22.5 Å². The molecule has 1 atom stereocenters. The topological polar surface area (TPSA) is 27.8 Å². The van der Waals surface area contributed by atoms with E-state index in [4.69, 9.17) is 11.6 Å². The van der Waals surface area contributed by atoms with Crippen LogP contribution in [-0.4, -0.2) is 18.6 Å². The van der Waals surface area contributed by atoms with Gasteiger partial charge in [-0.05, 0) is 56.0 Å². The van der Waals surface area contributed by atoms with Crippen molar-refractivity contribution in [3.05, 3.63) is 35.0 Å². The van der Waals surface area contributed by atoms with Gasteiger partial charge in [-0.25, -0.2) is 0 Å². The third kappa shape index (κ3) is 3.31. The van der Waals surface area contributed by atoms with Gasteiger partial charge in [-0.2, -0.15) is 0 Å². The molecule has 3 heteroatoms. The Labute approximate surface area is 120 Å². The van der Waals surface area contributed by atoms with E-state index in [1.165, 1.54) is 17.4 Å². The number of rotatable bonds is 6. The maximum absolute atomic E-state index is 6.38. The van der Waals surface area contributed by atoms with Gasteiger partial charge in [-0.3, -0.25) is 0 Å². The van der Waals surface area contributed by atoms with Crippen molar-refractivity contribution in [1.82, 2.24) is 10.3 Å². The molecule has 0 aliphatic rings. The van der Waals surface area contributed by atoms with Crippen LogP contribution < -0.4 is 5.32 Å². The molecule has 0 bridgehead atoms. The lowest BCUT2D eigenvalue weighted by molar-refractivity contribution is 0.472. The van der Waals surface area contributed by atoms with E-state index >= 15 is 0 Å². The van der Waals surface area contributed by atoms with Gasteiger partial charge in [0.15, 0.2) is 0 Å².